The van der Waals surface area contributed by atoms with Crippen LogP contribution >= 0.6 is 11.6 Å². The number of hydrogen-bond donors (Lipinski definition) is 2. The topological polar surface area (TPSA) is 50.9 Å². The zero-order valence-corrected chi connectivity index (χ0v) is 11.6. The number of nitrogens with one attached hydrogen (secondary N) is 1. The van der Waals surface area contributed by atoms with E-state index in [4.69, 9.17) is 17.3 Å². The maximum Gasteiger partial charge on any atom is 0.0751 e. The van der Waals surface area contributed by atoms with E-state index in [1.807, 2.05) is 30.5 Å². The van der Waals surface area contributed by atoms with Crippen LogP contribution in [0, 0.1) is 0 Å². The van der Waals surface area contributed by atoms with Crippen molar-refractivity contribution in [1.29, 1.82) is 0 Å². The molecule has 0 fully saturated rings. The van der Waals surface area contributed by atoms with Gasteiger partial charge in [-0.25, -0.2) is 0 Å². The number of nitrogens with zero attached hydrogens (tertiary/aromatic N) is 1. The lowest BCUT2D eigenvalue weighted by molar-refractivity contribution is 1.15. The third-order valence-corrected chi connectivity index (χ3v) is 3.43. The number of nitrogens with two attached hydrogens (primary N) is 1. The second-order valence-corrected chi connectivity index (χ2v) is 5.01. The summed E-state index contributed by atoms with van der Waals surface area (Å²) in [6, 6.07) is 15.6. The standard InChI is InChI=1S/C16H14ClN3/c17-13-6-7-15(14(18)9-13)20-10-12-4-1-3-11-5-2-8-19-16(11)12/h1-9,20H,10,18H2. The number of rotatable bonds is 3. The van der Waals surface area contributed by atoms with E-state index in [0.717, 1.165) is 22.2 Å². The Bertz CT molecular complexity index is 750. The Balaban J connectivity index is 1.87. The van der Waals surface area contributed by atoms with Gasteiger partial charge in [0.05, 0.1) is 16.9 Å². The maximum absolute atomic E-state index is 5.94. The highest BCUT2D eigenvalue weighted by molar-refractivity contribution is 6.31. The van der Waals surface area contributed by atoms with E-state index < -0.39 is 0 Å². The van der Waals surface area contributed by atoms with Gasteiger partial charge in [0.1, 0.15) is 0 Å². The molecule has 0 amide bonds. The van der Waals surface area contributed by atoms with Crippen molar-refractivity contribution in [3.05, 3.63) is 65.3 Å². The van der Waals surface area contributed by atoms with Crippen molar-refractivity contribution in [1.82, 2.24) is 4.98 Å². The van der Waals surface area contributed by atoms with Crippen LogP contribution in [-0.4, -0.2) is 4.98 Å². The molecule has 0 atom stereocenters. The minimum atomic E-state index is 0.639. The van der Waals surface area contributed by atoms with Gasteiger partial charge >= 0.3 is 0 Å². The molecule has 0 saturated heterocycles. The molecule has 0 unspecified atom stereocenters. The summed E-state index contributed by atoms with van der Waals surface area (Å²) in [7, 11) is 0. The van der Waals surface area contributed by atoms with E-state index >= 15 is 0 Å². The minimum absolute atomic E-state index is 0.639. The van der Waals surface area contributed by atoms with Gasteiger partial charge in [-0.1, -0.05) is 35.9 Å². The second kappa shape index (κ2) is 5.39. The number of halogens is 1. The van der Waals surface area contributed by atoms with Gasteiger partial charge in [-0.2, -0.15) is 0 Å². The quantitative estimate of drug-likeness (QED) is 0.712. The third-order valence-electron chi connectivity index (χ3n) is 3.20. The highest BCUT2D eigenvalue weighted by Crippen LogP contribution is 2.24. The number of aromatic nitrogens is 1. The van der Waals surface area contributed by atoms with Gasteiger partial charge < -0.3 is 11.1 Å². The largest absolute Gasteiger partial charge is 0.397 e. The first-order chi connectivity index (χ1) is 9.74. The van der Waals surface area contributed by atoms with Crippen LogP contribution in [-0.2, 0) is 6.54 Å². The molecular formula is C16H14ClN3. The third kappa shape index (κ3) is 2.53. The molecule has 0 aliphatic heterocycles. The lowest BCUT2D eigenvalue weighted by atomic mass is 10.1. The van der Waals surface area contributed by atoms with Crippen LogP contribution in [0.1, 0.15) is 5.56 Å². The van der Waals surface area contributed by atoms with Crippen LogP contribution in [0.15, 0.2) is 54.7 Å². The molecule has 3 N–H and O–H groups in total. The van der Waals surface area contributed by atoms with E-state index in [1.54, 1.807) is 6.07 Å². The van der Waals surface area contributed by atoms with Crippen molar-refractivity contribution < 1.29 is 0 Å². The van der Waals surface area contributed by atoms with Gasteiger partial charge in [-0.15, -0.1) is 0 Å². The fourth-order valence-corrected chi connectivity index (χ4v) is 2.38. The SMILES string of the molecule is Nc1cc(Cl)ccc1NCc1cccc2cccnc12. The summed E-state index contributed by atoms with van der Waals surface area (Å²) in [5.74, 6) is 0. The Labute approximate surface area is 122 Å². The van der Waals surface area contributed by atoms with E-state index in [-0.39, 0.29) is 0 Å². The van der Waals surface area contributed by atoms with Crippen LogP contribution in [0.4, 0.5) is 11.4 Å². The van der Waals surface area contributed by atoms with E-state index in [2.05, 4.69) is 28.5 Å². The molecule has 0 aliphatic rings. The van der Waals surface area contributed by atoms with Crippen molar-refractivity contribution in [2.75, 3.05) is 11.1 Å². The van der Waals surface area contributed by atoms with Crippen LogP contribution in [0.25, 0.3) is 10.9 Å². The van der Waals surface area contributed by atoms with E-state index in [0.29, 0.717) is 17.3 Å². The molecule has 0 spiro atoms. The van der Waals surface area contributed by atoms with Crippen molar-refractivity contribution >= 4 is 33.9 Å². The second-order valence-electron chi connectivity index (χ2n) is 4.58. The van der Waals surface area contributed by atoms with Crippen molar-refractivity contribution in [2.24, 2.45) is 0 Å². The monoisotopic (exact) mass is 283 g/mol. The number of benzene rings is 2. The fraction of sp³-hybridized carbons (Fsp3) is 0.0625. The average Bonchev–Trinajstić information content (AvgIpc) is 2.46. The van der Waals surface area contributed by atoms with Gasteiger partial charge in [0.2, 0.25) is 0 Å². The Hall–Kier alpha value is -2.26. The summed E-state index contributed by atoms with van der Waals surface area (Å²) in [5.41, 5.74) is 9.60. The van der Waals surface area contributed by atoms with Gasteiger partial charge in [-0.3, -0.25) is 4.98 Å². The van der Waals surface area contributed by atoms with Gasteiger partial charge in [0, 0.05) is 23.2 Å². The molecule has 0 bridgehead atoms. The first-order valence-electron chi connectivity index (χ1n) is 6.35. The summed E-state index contributed by atoms with van der Waals surface area (Å²) in [6.45, 7) is 0.667. The van der Waals surface area contributed by atoms with E-state index in [9.17, 15) is 0 Å². The Kier molecular flexibility index (Phi) is 3.44. The molecule has 20 heavy (non-hydrogen) atoms. The van der Waals surface area contributed by atoms with Crippen LogP contribution < -0.4 is 11.1 Å². The summed E-state index contributed by atoms with van der Waals surface area (Å²) in [5, 5.41) is 5.10. The number of hydrogen-bond acceptors (Lipinski definition) is 3. The zero-order valence-electron chi connectivity index (χ0n) is 10.8. The first kappa shape index (κ1) is 12.8. The van der Waals surface area contributed by atoms with Crippen LogP contribution in [0.2, 0.25) is 5.02 Å². The number of anilines is 2. The fourth-order valence-electron chi connectivity index (χ4n) is 2.20. The number of pyridine rings is 1. The Morgan fingerprint density at radius 1 is 1.10 bits per heavy atom. The van der Waals surface area contributed by atoms with Crippen molar-refractivity contribution in [3.63, 3.8) is 0 Å². The smallest absolute Gasteiger partial charge is 0.0751 e. The first-order valence-corrected chi connectivity index (χ1v) is 6.73. The lowest BCUT2D eigenvalue weighted by Gasteiger charge is -2.11. The molecule has 0 aliphatic carbocycles. The van der Waals surface area contributed by atoms with E-state index in [1.165, 1.54) is 0 Å². The molecule has 1 aromatic heterocycles. The normalized spacial score (nSPS) is 10.7. The summed E-state index contributed by atoms with van der Waals surface area (Å²) < 4.78 is 0. The Morgan fingerprint density at radius 2 is 1.95 bits per heavy atom. The molecule has 1 heterocycles. The highest BCUT2D eigenvalue weighted by atomic mass is 35.5. The molecule has 4 heteroatoms. The van der Waals surface area contributed by atoms with Crippen LogP contribution in [0.3, 0.4) is 0 Å². The molecular weight excluding hydrogens is 270 g/mol. The number of nitrogen functional groups attached to an aromatic ring is 1. The average molecular weight is 284 g/mol. The molecule has 3 nitrogen and oxygen atoms in total. The summed E-state index contributed by atoms with van der Waals surface area (Å²) >= 11 is 5.89. The highest BCUT2D eigenvalue weighted by Gasteiger charge is 2.03. The molecule has 0 saturated carbocycles. The molecule has 0 radical (unpaired) electrons. The van der Waals surface area contributed by atoms with Crippen molar-refractivity contribution in [2.45, 2.75) is 6.54 Å². The number of fused-ring (bicyclic) bond motifs is 1. The Morgan fingerprint density at radius 3 is 2.80 bits per heavy atom. The van der Waals surface area contributed by atoms with Gasteiger partial charge in [0.15, 0.2) is 0 Å². The van der Waals surface area contributed by atoms with Gasteiger partial charge in [-0.05, 0) is 29.8 Å². The predicted octanol–water partition coefficient (Wildman–Crippen LogP) is 4.08. The lowest BCUT2D eigenvalue weighted by Crippen LogP contribution is -2.03. The van der Waals surface area contributed by atoms with Crippen LogP contribution in [0.5, 0.6) is 0 Å². The van der Waals surface area contributed by atoms with Gasteiger partial charge in [0.25, 0.3) is 0 Å². The summed E-state index contributed by atoms with van der Waals surface area (Å²) in [6.07, 6.45) is 1.81. The minimum Gasteiger partial charge on any atom is -0.397 e. The van der Waals surface area contributed by atoms with Crippen molar-refractivity contribution in [3.8, 4) is 0 Å². The zero-order chi connectivity index (χ0) is 13.9. The summed E-state index contributed by atoms with van der Waals surface area (Å²) in [4.78, 5) is 4.44. The molecule has 100 valence electrons. The molecule has 3 rings (SSSR count). The molecule has 2 aromatic carbocycles. The number of para-hydroxylation sites is 1. The maximum atomic E-state index is 5.94. The molecule has 3 aromatic rings. The predicted molar refractivity (Wildman–Crippen MR) is 84.9 cm³/mol.